The van der Waals surface area contributed by atoms with Gasteiger partial charge in [-0.05, 0) is 43.0 Å². The molecule has 0 aliphatic carbocycles. The maximum absolute atomic E-state index is 12.2. The van der Waals surface area contributed by atoms with E-state index in [1.807, 2.05) is 19.9 Å². The SMILES string of the molecule is CCC(N)(CC)CNC(=O)c1ccc2c(c1)CCC(=O)N2. The molecule has 0 spiro atoms. The van der Waals surface area contributed by atoms with Crippen LogP contribution < -0.4 is 16.4 Å². The molecule has 0 radical (unpaired) electrons. The molecule has 0 atom stereocenters. The Labute approximate surface area is 125 Å². The number of amides is 2. The number of nitrogens with two attached hydrogens (primary N) is 1. The van der Waals surface area contributed by atoms with Crippen molar-refractivity contribution in [2.75, 3.05) is 11.9 Å². The van der Waals surface area contributed by atoms with Crippen LogP contribution in [0.4, 0.5) is 5.69 Å². The highest BCUT2D eigenvalue weighted by Gasteiger charge is 2.22. The first kappa shape index (κ1) is 15.5. The normalized spacial score (nSPS) is 14.3. The van der Waals surface area contributed by atoms with E-state index < -0.39 is 0 Å². The van der Waals surface area contributed by atoms with Crippen LogP contribution in [0, 0.1) is 0 Å². The van der Waals surface area contributed by atoms with Crippen LogP contribution >= 0.6 is 0 Å². The molecule has 2 amide bonds. The fourth-order valence-electron chi connectivity index (χ4n) is 2.38. The summed E-state index contributed by atoms with van der Waals surface area (Å²) in [7, 11) is 0. The second-order valence-corrected chi connectivity index (χ2v) is 5.67. The lowest BCUT2D eigenvalue weighted by Gasteiger charge is -2.27. The van der Waals surface area contributed by atoms with Crippen molar-refractivity contribution in [3.63, 3.8) is 0 Å². The smallest absolute Gasteiger partial charge is 0.251 e. The molecule has 1 heterocycles. The second kappa shape index (κ2) is 6.26. The fraction of sp³-hybridized carbons (Fsp3) is 0.500. The monoisotopic (exact) mass is 289 g/mol. The van der Waals surface area contributed by atoms with Crippen LogP contribution in [0.3, 0.4) is 0 Å². The van der Waals surface area contributed by atoms with E-state index in [0.717, 1.165) is 24.1 Å². The standard InChI is InChI=1S/C16H23N3O2/c1-3-16(17,4-2)10-18-15(21)12-5-7-13-11(9-12)6-8-14(20)19-13/h5,7,9H,3-4,6,8,10,17H2,1-2H3,(H,18,21)(H,19,20). The number of aryl methyl sites for hydroxylation is 1. The van der Waals surface area contributed by atoms with Crippen molar-refractivity contribution in [3.8, 4) is 0 Å². The van der Waals surface area contributed by atoms with Gasteiger partial charge >= 0.3 is 0 Å². The molecule has 5 heteroatoms. The number of hydrogen-bond acceptors (Lipinski definition) is 3. The largest absolute Gasteiger partial charge is 0.350 e. The Bertz CT molecular complexity index is 550. The van der Waals surface area contributed by atoms with Crippen molar-refractivity contribution in [1.82, 2.24) is 5.32 Å². The number of nitrogens with one attached hydrogen (secondary N) is 2. The number of fused-ring (bicyclic) bond motifs is 1. The zero-order chi connectivity index (χ0) is 15.5. The van der Waals surface area contributed by atoms with Gasteiger partial charge < -0.3 is 16.4 Å². The zero-order valence-electron chi connectivity index (χ0n) is 12.7. The minimum Gasteiger partial charge on any atom is -0.350 e. The quantitative estimate of drug-likeness (QED) is 0.773. The first-order valence-corrected chi connectivity index (χ1v) is 7.47. The van der Waals surface area contributed by atoms with Gasteiger partial charge in [0, 0.05) is 29.8 Å². The number of carbonyl (C=O) groups excluding carboxylic acids is 2. The van der Waals surface area contributed by atoms with Crippen LogP contribution in [0.5, 0.6) is 0 Å². The highest BCUT2D eigenvalue weighted by Crippen LogP contribution is 2.23. The summed E-state index contributed by atoms with van der Waals surface area (Å²) >= 11 is 0. The molecular weight excluding hydrogens is 266 g/mol. The first-order valence-electron chi connectivity index (χ1n) is 7.47. The second-order valence-electron chi connectivity index (χ2n) is 5.67. The number of rotatable bonds is 5. The Hall–Kier alpha value is -1.88. The number of anilines is 1. The highest BCUT2D eigenvalue weighted by atomic mass is 16.2. The van der Waals surface area contributed by atoms with Crippen molar-refractivity contribution in [2.45, 2.75) is 45.1 Å². The third-order valence-corrected chi connectivity index (χ3v) is 4.27. The number of carbonyl (C=O) groups is 2. The van der Waals surface area contributed by atoms with Crippen LogP contribution in [0.15, 0.2) is 18.2 Å². The molecule has 0 aromatic heterocycles. The van der Waals surface area contributed by atoms with E-state index in [2.05, 4.69) is 10.6 Å². The summed E-state index contributed by atoms with van der Waals surface area (Å²) < 4.78 is 0. The summed E-state index contributed by atoms with van der Waals surface area (Å²) in [6.07, 6.45) is 2.78. The molecule has 0 saturated carbocycles. The molecule has 5 nitrogen and oxygen atoms in total. The molecule has 1 aliphatic heterocycles. The van der Waals surface area contributed by atoms with E-state index in [9.17, 15) is 9.59 Å². The summed E-state index contributed by atoms with van der Waals surface area (Å²) in [5, 5.41) is 5.72. The molecule has 1 aromatic carbocycles. The summed E-state index contributed by atoms with van der Waals surface area (Å²) in [5.74, 6) is -0.0927. The number of benzene rings is 1. The van der Waals surface area contributed by atoms with Crippen molar-refractivity contribution in [3.05, 3.63) is 29.3 Å². The highest BCUT2D eigenvalue weighted by molar-refractivity contribution is 5.97. The molecule has 114 valence electrons. The van der Waals surface area contributed by atoms with Crippen LogP contribution in [0.1, 0.15) is 49.0 Å². The third kappa shape index (κ3) is 3.61. The van der Waals surface area contributed by atoms with Gasteiger partial charge in [-0.3, -0.25) is 9.59 Å². The molecule has 1 aromatic rings. The average molecular weight is 289 g/mol. The summed E-state index contributed by atoms with van der Waals surface area (Å²) in [6, 6.07) is 5.37. The van der Waals surface area contributed by atoms with Crippen molar-refractivity contribution in [2.24, 2.45) is 5.73 Å². The van der Waals surface area contributed by atoms with Gasteiger partial charge in [-0.1, -0.05) is 13.8 Å². The summed E-state index contributed by atoms with van der Waals surface area (Å²) in [4.78, 5) is 23.5. The molecule has 1 aliphatic rings. The van der Waals surface area contributed by atoms with E-state index in [4.69, 9.17) is 5.73 Å². The molecule has 2 rings (SSSR count). The molecule has 4 N–H and O–H groups in total. The maximum atomic E-state index is 12.2. The van der Waals surface area contributed by atoms with Crippen LogP contribution in [-0.2, 0) is 11.2 Å². The third-order valence-electron chi connectivity index (χ3n) is 4.27. The summed E-state index contributed by atoms with van der Waals surface area (Å²) in [5.41, 5.74) is 8.26. The lowest BCUT2D eigenvalue weighted by molar-refractivity contribution is -0.116. The maximum Gasteiger partial charge on any atom is 0.251 e. The Kier molecular flexibility index (Phi) is 4.63. The molecule has 21 heavy (non-hydrogen) atoms. The van der Waals surface area contributed by atoms with Gasteiger partial charge in [0.25, 0.3) is 5.91 Å². The molecule has 0 fully saturated rings. The minimum atomic E-state index is -0.349. The van der Waals surface area contributed by atoms with E-state index in [1.54, 1.807) is 12.1 Å². The van der Waals surface area contributed by atoms with Crippen molar-refractivity contribution < 1.29 is 9.59 Å². The van der Waals surface area contributed by atoms with Gasteiger partial charge in [0.15, 0.2) is 0 Å². The number of hydrogen-bond donors (Lipinski definition) is 3. The van der Waals surface area contributed by atoms with Gasteiger partial charge in [0.05, 0.1) is 0 Å². The van der Waals surface area contributed by atoms with E-state index >= 15 is 0 Å². The Morgan fingerprint density at radius 2 is 2.05 bits per heavy atom. The van der Waals surface area contributed by atoms with E-state index in [-0.39, 0.29) is 17.4 Å². The van der Waals surface area contributed by atoms with E-state index in [0.29, 0.717) is 24.9 Å². The van der Waals surface area contributed by atoms with Crippen LogP contribution in [0.2, 0.25) is 0 Å². The van der Waals surface area contributed by atoms with Crippen LogP contribution in [0.25, 0.3) is 0 Å². The van der Waals surface area contributed by atoms with E-state index in [1.165, 1.54) is 0 Å². The van der Waals surface area contributed by atoms with Gasteiger partial charge in [0.1, 0.15) is 0 Å². The Balaban J connectivity index is 2.05. The Morgan fingerprint density at radius 3 is 2.71 bits per heavy atom. The first-order chi connectivity index (χ1) is 9.97. The molecule has 0 unspecified atom stereocenters. The molecule has 0 bridgehead atoms. The zero-order valence-corrected chi connectivity index (χ0v) is 12.7. The molecule has 0 saturated heterocycles. The van der Waals surface area contributed by atoms with Gasteiger partial charge in [-0.2, -0.15) is 0 Å². The topological polar surface area (TPSA) is 84.2 Å². The van der Waals surface area contributed by atoms with Gasteiger partial charge in [-0.25, -0.2) is 0 Å². The predicted octanol–water partition coefficient (Wildman–Crippen LogP) is 1.82. The average Bonchev–Trinajstić information content (AvgIpc) is 2.51. The Morgan fingerprint density at radius 1 is 1.33 bits per heavy atom. The lowest BCUT2D eigenvalue weighted by Crippen LogP contribution is -2.49. The van der Waals surface area contributed by atoms with Gasteiger partial charge in [0.2, 0.25) is 5.91 Å². The lowest BCUT2D eigenvalue weighted by atomic mass is 9.94. The van der Waals surface area contributed by atoms with Crippen LogP contribution in [-0.4, -0.2) is 23.9 Å². The molecular formula is C16H23N3O2. The van der Waals surface area contributed by atoms with Crippen molar-refractivity contribution in [1.29, 1.82) is 0 Å². The van der Waals surface area contributed by atoms with Gasteiger partial charge in [-0.15, -0.1) is 0 Å². The fourth-order valence-corrected chi connectivity index (χ4v) is 2.38. The summed E-state index contributed by atoms with van der Waals surface area (Å²) in [6.45, 7) is 4.51. The van der Waals surface area contributed by atoms with Crippen molar-refractivity contribution >= 4 is 17.5 Å². The minimum absolute atomic E-state index is 0.0264. The predicted molar refractivity (Wildman–Crippen MR) is 83.2 cm³/mol.